The highest BCUT2D eigenvalue weighted by molar-refractivity contribution is 5.42. The van der Waals surface area contributed by atoms with Crippen LogP contribution in [0.5, 0.6) is 5.75 Å². The van der Waals surface area contributed by atoms with E-state index in [1.807, 2.05) is 5.92 Å². The van der Waals surface area contributed by atoms with E-state index in [1.54, 1.807) is 30.3 Å². The monoisotopic (exact) mass is 306 g/mol. The first kappa shape index (κ1) is 15.9. The number of ether oxygens (including phenoxy) is 1. The molecule has 2 aromatic rings. The van der Waals surface area contributed by atoms with Gasteiger partial charge in [-0.15, -0.1) is 0 Å². The minimum atomic E-state index is -4.93. The zero-order chi connectivity index (χ0) is 16.2. The van der Waals surface area contributed by atoms with E-state index in [9.17, 15) is 18.3 Å². The Morgan fingerprint density at radius 2 is 1.55 bits per heavy atom. The standard InChI is InChI=1S/C17H13F3O2/c1-22-15-9-7-14(8-10-15)16(21,17(18,19)20)12-11-13-5-3-2-4-6-13/h2-10,21H,1H3/t16-/m1/s1. The molecule has 22 heavy (non-hydrogen) atoms. The van der Waals surface area contributed by atoms with Crippen molar-refractivity contribution < 1.29 is 23.0 Å². The Hall–Kier alpha value is -2.45. The summed E-state index contributed by atoms with van der Waals surface area (Å²) in [4.78, 5) is 0. The van der Waals surface area contributed by atoms with Crippen molar-refractivity contribution in [2.75, 3.05) is 7.11 Å². The molecule has 0 saturated heterocycles. The van der Waals surface area contributed by atoms with E-state index in [1.165, 1.54) is 19.2 Å². The fraction of sp³-hybridized carbons (Fsp3) is 0.176. The molecule has 5 heteroatoms. The van der Waals surface area contributed by atoms with Gasteiger partial charge in [0.25, 0.3) is 0 Å². The fourth-order valence-electron chi connectivity index (χ4n) is 1.82. The van der Waals surface area contributed by atoms with Gasteiger partial charge in [-0.05, 0) is 30.2 Å². The summed E-state index contributed by atoms with van der Waals surface area (Å²) in [5.41, 5.74) is -3.21. The van der Waals surface area contributed by atoms with Crippen molar-refractivity contribution in [2.24, 2.45) is 0 Å². The summed E-state index contributed by atoms with van der Waals surface area (Å²) >= 11 is 0. The summed E-state index contributed by atoms with van der Waals surface area (Å²) in [6.07, 6.45) is -4.93. The van der Waals surface area contributed by atoms with Gasteiger partial charge < -0.3 is 9.84 Å². The Labute approximate surface area is 126 Å². The molecular weight excluding hydrogens is 293 g/mol. The third-order valence-corrected chi connectivity index (χ3v) is 3.08. The van der Waals surface area contributed by atoms with Gasteiger partial charge in [0.2, 0.25) is 5.60 Å². The summed E-state index contributed by atoms with van der Waals surface area (Å²) in [5, 5.41) is 10.1. The van der Waals surface area contributed by atoms with Crippen LogP contribution in [-0.2, 0) is 5.60 Å². The Bertz CT molecular complexity index is 682. The van der Waals surface area contributed by atoms with Gasteiger partial charge in [-0.1, -0.05) is 36.3 Å². The number of methoxy groups -OCH3 is 1. The highest BCUT2D eigenvalue weighted by atomic mass is 19.4. The van der Waals surface area contributed by atoms with E-state index in [4.69, 9.17) is 4.74 Å². The van der Waals surface area contributed by atoms with E-state index in [2.05, 4.69) is 5.92 Å². The summed E-state index contributed by atoms with van der Waals surface area (Å²) in [6.45, 7) is 0. The van der Waals surface area contributed by atoms with E-state index < -0.39 is 11.8 Å². The molecule has 0 unspecified atom stereocenters. The van der Waals surface area contributed by atoms with Crippen molar-refractivity contribution in [1.82, 2.24) is 0 Å². The topological polar surface area (TPSA) is 29.5 Å². The molecule has 1 atom stereocenters. The predicted octanol–water partition coefficient (Wildman–Crippen LogP) is 3.50. The molecule has 0 spiro atoms. The highest BCUT2D eigenvalue weighted by Gasteiger charge is 2.54. The quantitative estimate of drug-likeness (QED) is 0.861. The van der Waals surface area contributed by atoms with Gasteiger partial charge in [-0.25, -0.2) is 0 Å². The van der Waals surface area contributed by atoms with Crippen molar-refractivity contribution in [3.8, 4) is 17.6 Å². The molecule has 2 aromatic carbocycles. The lowest BCUT2D eigenvalue weighted by Crippen LogP contribution is -2.41. The lowest BCUT2D eigenvalue weighted by Gasteiger charge is -2.25. The zero-order valence-electron chi connectivity index (χ0n) is 11.7. The van der Waals surface area contributed by atoms with Crippen LogP contribution in [0.4, 0.5) is 13.2 Å². The Balaban J connectivity index is 2.47. The van der Waals surface area contributed by atoms with Crippen molar-refractivity contribution in [2.45, 2.75) is 11.8 Å². The minimum absolute atomic E-state index is 0.357. The van der Waals surface area contributed by atoms with Crippen LogP contribution in [0.3, 0.4) is 0 Å². The molecule has 1 N–H and O–H groups in total. The maximum atomic E-state index is 13.3. The summed E-state index contributed by atoms with van der Waals surface area (Å²) in [5.74, 6) is 4.71. The van der Waals surface area contributed by atoms with Gasteiger partial charge in [0.1, 0.15) is 5.75 Å². The first-order valence-electron chi connectivity index (χ1n) is 6.38. The molecule has 0 aliphatic heterocycles. The minimum Gasteiger partial charge on any atom is -0.497 e. The molecular formula is C17H13F3O2. The Morgan fingerprint density at radius 3 is 2.05 bits per heavy atom. The molecule has 0 aromatic heterocycles. The average Bonchev–Trinajstić information content (AvgIpc) is 2.52. The number of hydrogen-bond donors (Lipinski definition) is 1. The van der Waals surface area contributed by atoms with Crippen LogP contribution in [0.15, 0.2) is 54.6 Å². The van der Waals surface area contributed by atoms with E-state index in [-0.39, 0.29) is 5.56 Å². The number of aliphatic hydroxyl groups is 1. The molecule has 0 heterocycles. The lowest BCUT2D eigenvalue weighted by atomic mass is 9.93. The summed E-state index contributed by atoms with van der Waals surface area (Å²) < 4.78 is 44.8. The van der Waals surface area contributed by atoms with E-state index in [0.29, 0.717) is 11.3 Å². The normalized spacial score (nSPS) is 13.7. The largest absolute Gasteiger partial charge is 0.497 e. The maximum absolute atomic E-state index is 13.3. The highest BCUT2D eigenvalue weighted by Crippen LogP contribution is 2.39. The Morgan fingerprint density at radius 1 is 0.955 bits per heavy atom. The average molecular weight is 306 g/mol. The van der Waals surface area contributed by atoms with E-state index >= 15 is 0 Å². The zero-order valence-corrected chi connectivity index (χ0v) is 11.7. The molecule has 2 rings (SSSR count). The van der Waals surface area contributed by atoms with Crippen molar-refractivity contribution in [3.63, 3.8) is 0 Å². The number of hydrogen-bond acceptors (Lipinski definition) is 2. The van der Waals surface area contributed by atoms with Crippen molar-refractivity contribution in [3.05, 3.63) is 65.7 Å². The van der Waals surface area contributed by atoms with Crippen LogP contribution in [-0.4, -0.2) is 18.4 Å². The third-order valence-electron chi connectivity index (χ3n) is 3.08. The molecule has 114 valence electrons. The number of rotatable bonds is 2. The maximum Gasteiger partial charge on any atom is 0.433 e. The van der Waals surface area contributed by atoms with Crippen LogP contribution < -0.4 is 4.74 Å². The van der Waals surface area contributed by atoms with Crippen molar-refractivity contribution >= 4 is 0 Å². The summed E-state index contributed by atoms with van der Waals surface area (Å²) in [7, 11) is 1.40. The number of halogens is 3. The van der Waals surface area contributed by atoms with Crippen molar-refractivity contribution in [1.29, 1.82) is 0 Å². The van der Waals surface area contributed by atoms with E-state index in [0.717, 1.165) is 12.1 Å². The first-order chi connectivity index (χ1) is 10.4. The smallest absolute Gasteiger partial charge is 0.433 e. The first-order valence-corrected chi connectivity index (χ1v) is 6.38. The third kappa shape index (κ3) is 3.23. The molecule has 0 saturated carbocycles. The van der Waals surface area contributed by atoms with Gasteiger partial charge >= 0.3 is 6.18 Å². The second kappa shape index (κ2) is 6.12. The van der Waals surface area contributed by atoms with Gasteiger partial charge in [0.15, 0.2) is 0 Å². The van der Waals surface area contributed by atoms with Gasteiger partial charge in [-0.3, -0.25) is 0 Å². The Kier molecular flexibility index (Phi) is 4.43. The van der Waals surface area contributed by atoms with Gasteiger partial charge in [-0.2, -0.15) is 13.2 Å². The lowest BCUT2D eigenvalue weighted by molar-refractivity contribution is -0.240. The van der Waals surface area contributed by atoms with Crippen LogP contribution in [0.1, 0.15) is 11.1 Å². The second-order valence-electron chi connectivity index (χ2n) is 4.55. The number of alkyl halides is 3. The van der Waals surface area contributed by atoms with Crippen LogP contribution in [0, 0.1) is 11.8 Å². The SMILES string of the molecule is COc1ccc([C@](O)(C#Cc2ccccc2)C(F)(F)F)cc1. The molecule has 0 fully saturated rings. The van der Waals surface area contributed by atoms with Gasteiger partial charge in [0.05, 0.1) is 7.11 Å². The summed E-state index contributed by atoms with van der Waals surface area (Å²) in [6, 6.07) is 13.2. The molecule has 2 nitrogen and oxygen atoms in total. The number of benzene rings is 2. The van der Waals surface area contributed by atoms with Crippen LogP contribution in [0.25, 0.3) is 0 Å². The second-order valence-corrected chi connectivity index (χ2v) is 4.55. The molecule has 0 bridgehead atoms. The molecule has 0 radical (unpaired) electrons. The van der Waals surface area contributed by atoms with Crippen LogP contribution >= 0.6 is 0 Å². The van der Waals surface area contributed by atoms with Crippen LogP contribution in [0.2, 0.25) is 0 Å². The molecule has 0 aliphatic rings. The molecule has 0 aliphatic carbocycles. The fourth-order valence-corrected chi connectivity index (χ4v) is 1.82. The van der Waals surface area contributed by atoms with Gasteiger partial charge in [0, 0.05) is 11.1 Å². The molecule has 0 amide bonds. The predicted molar refractivity (Wildman–Crippen MR) is 76.3 cm³/mol.